The van der Waals surface area contributed by atoms with Crippen molar-refractivity contribution in [3.63, 3.8) is 0 Å². The lowest BCUT2D eigenvalue weighted by atomic mass is 10.1. The Morgan fingerprint density at radius 3 is 2.46 bits per heavy atom. The van der Waals surface area contributed by atoms with Crippen LogP contribution in [0.15, 0.2) is 10.6 Å². The van der Waals surface area contributed by atoms with Crippen LogP contribution >= 0.6 is 11.6 Å². The van der Waals surface area contributed by atoms with Crippen LogP contribution in [0.1, 0.15) is 39.5 Å². The predicted octanol–water partition coefficient (Wildman–Crippen LogP) is 3.25. The summed E-state index contributed by atoms with van der Waals surface area (Å²) in [7, 11) is 1.34. The third-order valence-corrected chi connectivity index (χ3v) is 2.37. The van der Waals surface area contributed by atoms with Gasteiger partial charge in [0.2, 0.25) is 0 Å². The van der Waals surface area contributed by atoms with Gasteiger partial charge in [0.1, 0.15) is 5.03 Å². The second-order valence-electron chi connectivity index (χ2n) is 3.04. The molecule has 0 bridgehead atoms. The summed E-state index contributed by atoms with van der Waals surface area (Å²) in [6, 6.07) is 0. The molecule has 0 atom stereocenters. The van der Waals surface area contributed by atoms with Gasteiger partial charge in [-0.2, -0.15) is 0 Å². The molecule has 2 nitrogen and oxygen atoms in total. The molecule has 76 valence electrons. The van der Waals surface area contributed by atoms with E-state index < -0.39 is 5.97 Å². The molecule has 0 unspecified atom stereocenters. The smallest absolute Gasteiger partial charge is 0.349 e. The SMILES string of the molecule is CCCCC/C(C)=C(/Cl)C(=O)OC. The monoisotopic (exact) mass is 204 g/mol. The van der Waals surface area contributed by atoms with Gasteiger partial charge >= 0.3 is 5.97 Å². The van der Waals surface area contributed by atoms with Crippen molar-refractivity contribution in [1.82, 2.24) is 0 Å². The van der Waals surface area contributed by atoms with Gasteiger partial charge in [0.25, 0.3) is 0 Å². The number of esters is 1. The zero-order chi connectivity index (χ0) is 10.3. The van der Waals surface area contributed by atoms with Crippen LogP contribution in [-0.4, -0.2) is 13.1 Å². The van der Waals surface area contributed by atoms with E-state index >= 15 is 0 Å². The lowest BCUT2D eigenvalue weighted by Crippen LogP contribution is -2.02. The van der Waals surface area contributed by atoms with Gasteiger partial charge in [-0.3, -0.25) is 0 Å². The van der Waals surface area contributed by atoms with Gasteiger partial charge in [0, 0.05) is 0 Å². The van der Waals surface area contributed by atoms with Crippen LogP contribution in [0.5, 0.6) is 0 Å². The minimum atomic E-state index is -0.435. The molecule has 0 fully saturated rings. The molecular weight excluding hydrogens is 188 g/mol. The molecule has 0 aliphatic heterocycles. The minimum Gasteiger partial charge on any atom is -0.465 e. The Hall–Kier alpha value is -0.500. The first-order chi connectivity index (χ1) is 6.13. The molecule has 0 radical (unpaired) electrons. The average molecular weight is 205 g/mol. The number of allylic oxidation sites excluding steroid dienone is 1. The number of ether oxygens (including phenoxy) is 1. The fourth-order valence-corrected chi connectivity index (χ4v) is 1.19. The quantitative estimate of drug-likeness (QED) is 0.391. The summed E-state index contributed by atoms with van der Waals surface area (Å²) < 4.78 is 4.51. The summed E-state index contributed by atoms with van der Waals surface area (Å²) >= 11 is 5.77. The van der Waals surface area contributed by atoms with E-state index in [1.165, 1.54) is 20.0 Å². The highest BCUT2D eigenvalue weighted by Crippen LogP contribution is 2.16. The molecule has 13 heavy (non-hydrogen) atoms. The third kappa shape index (κ3) is 4.94. The molecule has 0 aromatic carbocycles. The number of carbonyl (C=O) groups excluding carboxylic acids is 1. The molecule has 0 aromatic rings. The summed E-state index contributed by atoms with van der Waals surface area (Å²) in [5.74, 6) is -0.435. The van der Waals surface area contributed by atoms with Gasteiger partial charge in [0.15, 0.2) is 0 Å². The van der Waals surface area contributed by atoms with Crippen LogP contribution in [-0.2, 0) is 9.53 Å². The van der Waals surface area contributed by atoms with Gasteiger partial charge in [0.05, 0.1) is 7.11 Å². The van der Waals surface area contributed by atoms with Crippen LogP contribution in [0.2, 0.25) is 0 Å². The van der Waals surface area contributed by atoms with Gasteiger partial charge in [-0.1, -0.05) is 31.4 Å². The predicted molar refractivity (Wildman–Crippen MR) is 54.7 cm³/mol. The molecule has 0 spiro atoms. The number of rotatable bonds is 5. The van der Waals surface area contributed by atoms with Gasteiger partial charge < -0.3 is 4.74 Å². The molecule has 0 saturated heterocycles. The first-order valence-electron chi connectivity index (χ1n) is 4.57. The molecule has 0 aromatic heterocycles. The van der Waals surface area contributed by atoms with Crippen LogP contribution < -0.4 is 0 Å². The van der Waals surface area contributed by atoms with E-state index in [1.54, 1.807) is 0 Å². The topological polar surface area (TPSA) is 26.3 Å². The molecular formula is C10H17ClO2. The van der Waals surface area contributed by atoms with Crippen molar-refractivity contribution >= 4 is 17.6 Å². The van der Waals surface area contributed by atoms with E-state index in [2.05, 4.69) is 11.7 Å². The molecule has 0 amide bonds. The Bertz CT molecular complexity index is 197. The van der Waals surface area contributed by atoms with E-state index in [0.29, 0.717) is 0 Å². The second-order valence-corrected chi connectivity index (χ2v) is 3.42. The van der Waals surface area contributed by atoms with Crippen LogP contribution in [0.3, 0.4) is 0 Å². The Morgan fingerprint density at radius 1 is 1.38 bits per heavy atom. The summed E-state index contributed by atoms with van der Waals surface area (Å²) in [5.41, 5.74) is 0.918. The van der Waals surface area contributed by atoms with Crippen LogP contribution in [0, 0.1) is 0 Å². The minimum absolute atomic E-state index is 0.235. The van der Waals surface area contributed by atoms with E-state index in [-0.39, 0.29) is 5.03 Å². The van der Waals surface area contributed by atoms with E-state index in [9.17, 15) is 4.79 Å². The lowest BCUT2D eigenvalue weighted by Gasteiger charge is -2.03. The van der Waals surface area contributed by atoms with Crippen molar-refractivity contribution in [1.29, 1.82) is 0 Å². The number of hydrogen-bond acceptors (Lipinski definition) is 2. The summed E-state index contributed by atoms with van der Waals surface area (Å²) in [5, 5.41) is 0.235. The summed E-state index contributed by atoms with van der Waals surface area (Å²) in [6.45, 7) is 4.01. The van der Waals surface area contributed by atoms with Gasteiger partial charge in [-0.05, 0) is 25.3 Å². The Labute approximate surface area is 84.9 Å². The highest BCUT2D eigenvalue weighted by atomic mass is 35.5. The summed E-state index contributed by atoms with van der Waals surface area (Å²) in [4.78, 5) is 11.0. The van der Waals surface area contributed by atoms with Crippen molar-refractivity contribution in [3.8, 4) is 0 Å². The molecule has 3 heteroatoms. The Balaban J connectivity index is 4.03. The number of halogens is 1. The number of hydrogen-bond donors (Lipinski definition) is 0. The fourth-order valence-electron chi connectivity index (χ4n) is 1.01. The molecule has 0 saturated carbocycles. The van der Waals surface area contributed by atoms with E-state index in [1.807, 2.05) is 6.92 Å². The van der Waals surface area contributed by atoms with Crippen molar-refractivity contribution in [3.05, 3.63) is 10.6 Å². The van der Waals surface area contributed by atoms with E-state index in [0.717, 1.165) is 18.4 Å². The zero-order valence-corrected chi connectivity index (χ0v) is 9.28. The van der Waals surface area contributed by atoms with Crippen molar-refractivity contribution in [2.75, 3.05) is 7.11 Å². The van der Waals surface area contributed by atoms with Gasteiger partial charge in [-0.25, -0.2) is 4.79 Å². The molecule has 0 aliphatic carbocycles. The van der Waals surface area contributed by atoms with Crippen LogP contribution in [0.25, 0.3) is 0 Å². The maximum atomic E-state index is 11.0. The van der Waals surface area contributed by atoms with E-state index in [4.69, 9.17) is 11.6 Å². The first kappa shape index (κ1) is 12.5. The van der Waals surface area contributed by atoms with Crippen LogP contribution in [0.4, 0.5) is 0 Å². The average Bonchev–Trinajstić information content (AvgIpc) is 2.15. The Kier molecular flexibility index (Phi) is 6.69. The second kappa shape index (κ2) is 6.96. The molecule has 0 aliphatic rings. The van der Waals surface area contributed by atoms with Crippen molar-refractivity contribution < 1.29 is 9.53 Å². The summed E-state index contributed by atoms with van der Waals surface area (Å²) in [6.07, 6.45) is 4.29. The zero-order valence-electron chi connectivity index (χ0n) is 8.52. The standard InChI is InChI=1S/C10H17ClO2/c1-4-5-6-7-8(2)9(11)10(12)13-3/h4-7H2,1-3H3/b9-8+. The van der Waals surface area contributed by atoms with Gasteiger partial charge in [-0.15, -0.1) is 0 Å². The molecule has 0 rings (SSSR count). The first-order valence-corrected chi connectivity index (χ1v) is 4.94. The fraction of sp³-hybridized carbons (Fsp3) is 0.700. The maximum Gasteiger partial charge on any atom is 0.349 e. The molecule has 0 N–H and O–H groups in total. The maximum absolute atomic E-state index is 11.0. The lowest BCUT2D eigenvalue weighted by molar-refractivity contribution is -0.135. The number of methoxy groups -OCH3 is 1. The number of carbonyl (C=O) groups is 1. The highest BCUT2D eigenvalue weighted by molar-refractivity contribution is 6.41. The largest absolute Gasteiger partial charge is 0.465 e. The Morgan fingerprint density at radius 2 is 2.00 bits per heavy atom. The van der Waals surface area contributed by atoms with Crippen molar-refractivity contribution in [2.24, 2.45) is 0 Å². The highest BCUT2D eigenvalue weighted by Gasteiger charge is 2.09. The normalized spacial score (nSPS) is 12.3. The third-order valence-electron chi connectivity index (χ3n) is 1.89. The van der Waals surface area contributed by atoms with Crippen molar-refractivity contribution in [2.45, 2.75) is 39.5 Å². The number of unbranched alkanes of at least 4 members (excludes halogenated alkanes) is 2. The molecule has 0 heterocycles.